The van der Waals surface area contributed by atoms with Gasteiger partial charge in [-0.25, -0.2) is 18.9 Å². The van der Waals surface area contributed by atoms with E-state index in [0.717, 1.165) is 15.6 Å². The number of amides is 1. The lowest BCUT2D eigenvalue weighted by molar-refractivity contribution is -0.142. The number of rotatable bonds is 6. The molecule has 5 aromatic rings. The summed E-state index contributed by atoms with van der Waals surface area (Å²) >= 11 is 0. The highest BCUT2D eigenvalue weighted by molar-refractivity contribution is 6.06. The highest BCUT2D eigenvalue weighted by atomic mass is 19.4. The predicted molar refractivity (Wildman–Crippen MR) is 150 cm³/mol. The Bertz CT molecular complexity index is 1910. The van der Waals surface area contributed by atoms with Crippen LogP contribution >= 0.6 is 0 Å². The molecular weight excluding hydrogens is 584 g/mol. The average molecular weight is 609 g/mol. The zero-order valence-electron chi connectivity index (χ0n) is 23.4. The minimum atomic E-state index is -4.75. The number of carbonyl (C=O) groups is 2. The van der Waals surface area contributed by atoms with E-state index in [4.69, 9.17) is 9.15 Å². The number of halogens is 4. The number of oxazole rings is 1. The molecule has 2 aromatic heterocycles. The van der Waals surface area contributed by atoms with Crippen LogP contribution in [0.1, 0.15) is 62.5 Å². The third-order valence-electron chi connectivity index (χ3n) is 7.44. The number of hydrogen-bond donors (Lipinski definition) is 1. The Morgan fingerprint density at radius 3 is 2.55 bits per heavy atom. The molecule has 3 aromatic carbocycles. The van der Waals surface area contributed by atoms with Crippen molar-refractivity contribution in [3.63, 3.8) is 0 Å². The van der Waals surface area contributed by atoms with Gasteiger partial charge < -0.3 is 19.2 Å². The summed E-state index contributed by atoms with van der Waals surface area (Å²) in [4.78, 5) is 29.9. The molecule has 2 heterocycles. The number of nitrogens with zero attached hydrogens (tertiary/aromatic N) is 4. The Morgan fingerprint density at radius 1 is 1.09 bits per heavy atom. The second kappa shape index (κ2) is 10.8. The van der Waals surface area contributed by atoms with Crippen molar-refractivity contribution < 1.29 is 41.4 Å². The van der Waals surface area contributed by atoms with E-state index in [0.29, 0.717) is 29.8 Å². The standard InChI is InChI=1S/C31H24F4N4O5/c1-16-36-23-14-22(32)24(15-26(23)43-16)38(2)29(40)18-5-3-6-19(13-18)39-27-21(28(37-39)31(33,34)35)7-4-8-25(27)44-20-11-9-17(10-12-20)30(41)42/h3,5-6,9-15,25H,4,7-8H2,1-2H3,(H,41,42). The van der Waals surface area contributed by atoms with E-state index in [2.05, 4.69) is 10.1 Å². The fourth-order valence-electron chi connectivity index (χ4n) is 5.40. The third-order valence-corrected chi connectivity index (χ3v) is 7.44. The van der Waals surface area contributed by atoms with Crippen LogP contribution in [-0.4, -0.2) is 38.8 Å². The van der Waals surface area contributed by atoms with Crippen LogP contribution in [0.15, 0.2) is 65.1 Å². The number of carbonyl (C=O) groups excluding carboxylic acids is 1. The van der Waals surface area contributed by atoms with Gasteiger partial charge in [0.1, 0.15) is 23.2 Å². The second-order valence-corrected chi connectivity index (χ2v) is 10.4. The zero-order valence-corrected chi connectivity index (χ0v) is 23.4. The van der Waals surface area contributed by atoms with Gasteiger partial charge in [0.05, 0.1) is 22.6 Å². The second-order valence-electron chi connectivity index (χ2n) is 10.4. The van der Waals surface area contributed by atoms with E-state index in [1.165, 1.54) is 61.6 Å². The molecule has 1 aliphatic rings. The number of carboxylic acid groups (broad SMARTS) is 1. The van der Waals surface area contributed by atoms with Gasteiger partial charge in [-0.2, -0.15) is 18.3 Å². The van der Waals surface area contributed by atoms with Crippen molar-refractivity contribution in [2.45, 2.75) is 38.5 Å². The SMILES string of the molecule is Cc1nc2cc(F)c(N(C)C(=O)c3cccc(-n4nc(C(F)(F)F)c5c4C(Oc4ccc(C(=O)O)cc4)CCC5)c3)cc2o1. The van der Waals surface area contributed by atoms with Crippen LogP contribution in [0.5, 0.6) is 5.75 Å². The van der Waals surface area contributed by atoms with Crippen LogP contribution in [0.4, 0.5) is 23.2 Å². The largest absolute Gasteiger partial charge is 0.484 e. The topological polar surface area (TPSA) is 111 Å². The molecule has 13 heteroatoms. The Morgan fingerprint density at radius 2 is 1.84 bits per heavy atom. The lowest BCUT2D eigenvalue weighted by Gasteiger charge is -2.26. The summed E-state index contributed by atoms with van der Waals surface area (Å²) in [5.41, 5.74) is -0.0698. The molecule has 1 aliphatic carbocycles. The molecule has 0 bridgehead atoms. The predicted octanol–water partition coefficient (Wildman–Crippen LogP) is 6.91. The molecule has 1 amide bonds. The van der Waals surface area contributed by atoms with Crippen LogP contribution < -0.4 is 9.64 Å². The van der Waals surface area contributed by atoms with Gasteiger partial charge in [-0.15, -0.1) is 0 Å². The maximum atomic E-state index is 14.9. The minimum absolute atomic E-state index is 0.0116. The fraction of sp³-hybridized carbons (Fsp3) is 0.226. The van der Waals surface area contributed by atoms with Gasteiger partial charge in [0.15, 0.2) is 17.2 Å². The lowest BCUT2D eigenvalue weighted by Crippen LogP contribution is -2.27. The monoisotopic (exact) mass is 608 g/mol. The van der Waals surface area contributed by atoms with Crippen molar-refractivity contribution in [3.8, 4) is 11.4 Å². The number of aromatic nitrogens is 3. The van der Waals surface area contributed by atoms with E-state index in [9.17, 15) is 32.3 Å². The molecule has 0 spiro atoms. The van der Waals surface area contributed by atoms with Crippen LogP contribution in [-0.2, 0) is 12.6 Å². The molecule has 0 fully saturated rings. The summed E-state index contributed by atoms with van der Waals surface area (Å²) in [6.07, 6.45) is -4.69. The molecule has 0 saturated carbocycles. The molecule has 226 valence electrons. The summed E-state index contributed by atoms with van der Waals surface area (Å²) in [7, 11) is 1.37. The Kier molecular flexibility index (Phi) is 7.10. The maximum Gasteiger partial charge on any atom is 0.435 e. The summed E-state index contributed by atoms with van der Waals surface area (Å²) in [6, 6.07) is 13.9. The van der Waals surface area contributed by atoms with Crippen molar-refractivity contribution in [3.05, 3.63) is 100 Å². The van der Waals surface area contributed by atoms with Crippen molar-refractivity contribution >= 4 is 28.7 Å². The molecule has 0 saturated heterocycles. The molecular formula is C31H24F4N4O5. The third kappa shape index (κ3) is 5.25. The average Bonchev–Trinajstić information content (AvgIpc) is 3.56. The van der Waals surface area contributed by atoms with Gasteiger partial charge in [-0.1, -0.05) is 6.07 Å². The first-order valence-corrected chi connectivity index (χ1v) is 13.5. The zero-order chi connectivity index (χ0) is 31.3. The highest BCUT2D eigenvalue weighted by Gasteiger charge is 2.42. The van der Waals surface area contributed by atoms with Crippen molar-refractivity contribution in [2.24, 2.45) is 0 Å². The van der Waals surface area contributed by atoms with Crippen molar-refractivity contribution in [2.75, 3.05) is 11.9 Å². The van der Waals surface area contributed by atoms with Crippen LogP contribution in [0.2, 0.25) is 0 Å². The molecule has 44 heavy (non-hydrogen) atoms. The first kappa shape index (κ1) is 28.9. The van der Waals surface area contributed by atoms with Crippen LogP contribution in [0, 0.1) is 12.7 Å². The van der Waals surface area contributed by atoms with Crippen LogP contribution in [0.25, 0.3) is 16.8 Å². The van der Waals surface area contributed by atoms with E-state index >= 15 is 0 Å². The first-order valence-electron chi connectivity index (χ1n) is 13.5. The van der Waals surface area contributed by atoms with E-state index in [-0.39, 0.29) is 45.9 Å². The summed E-state index contributed by atoms with van der Waals surface area (Å²) < 4.78 is 70.1. The van der Waals surface area contributed by atoms with E-state index in [1.807, 2.05) is 0 Å². The van der Waals surface area contributed by atoms with Gasteiger partial charge in [-0.3, -0.25) is 4.79 Å². The molecule has 6 rings (SSSR count). The molecule has 1 unspecified atom stereocenters. The number of fused-ring (bicyclic) bond motifs is 2. The number of aryl methyl sites for hydroxylation is 1. The summed E-state index contributed by atoms with van der Waals surface area (Å²) in [5.74, 6) is -1.84. The summed E-state index contributed by atoms with van der Waals surface area (Å²) in [6.45, 7) is 1.61. The van der Waals surface area contributed by atoms with Gasteiger partial charge in [0, 0.05) is 37.2 Å². The van der Waals surface area contributed by atoms with E-state index in [1.54, 1.807) is 6.92 Å². The van der Waals surface area contributed by atoms with Crippen LogP contribution in [0.3, 0.4) is 0 Å². The number of ether oxygens (including phenoxy) is 1. The fourth-order valence-corrected chi connectivity index (χ4v) is 5.40. The lowest BCUT2D eigenvalue weighted by atomic mass is 9.92. The Labute approximate surface area is 247 Å². The van der Waals surface area contributed by atoms with Crippen molar-refractivity contribution in [1.82, 2.24) is 14.8 Å². The number of alkyl halides is 3. The Balaban J connectivity index is 1.38. The normalized spacial score (nSPS) is 14.8. The number of benzene rings is 3. The van der Waals surface area contributed by atoms with Gasteiger partial charge in [0.25, 0.3) is 5.91 Å². The smallest absolute Gasteiger partial charge is 0.435 e. The molecule has 9 nitrogen and oxygen atoms in total. The quantitative estimate of drug-likeness (QED) is 0.209. The molecule has 1 N–H and O–H groups in total. The molecule has 1 atom stereocenters. The first-order chi connectivity index (χ1) is 20.9. The van der Waals surface area contributed by atoms with Crippen molar-refractivity contribution in [1.29, 1.82) is 0 Å². The Hall–Kier alpha value is -5.20. The van der Waals surface area contributed by atoms with Gasteiger partial charge in [-0.05, 0) is 61.7 Å². The van der Waals surface area contributed by atoms with E-state index < -0.39 is 35.7 Å². The van der Waals surface area contributed by atoms with Gasteiger partial charge >= 0.3 is 12.1 Å². The highest BCUT2D eigenvalue weighted by Crippen LogP contribution is 2.42. The molecule has 0 aliphatic heterocycles. The molecule has 0 radical (unpaired) electrons. The minimum Gasteiger partial charge on any atom is -0.484 e. The number of hydrogen-bond acceptors (Lipinski definition) is 6. The number of aromatic carboxylic acids is 1. The number of anilines is 1. The summed E-state index contributed by atoms with van der Waals surface area (Å²) in [5, 5.41) is 13.1. The maximum absolute atomic E-state index is 14.9. The van der Waals surface area contributed by atoms with Gasteiger partial charge in [0.2, 0.25) is 0 Å². The number of carboxylic acids is 1.